The molecule has 0 aliphatic heterocycles. The summed E-state index contributed by atoms with van der Waals surface area (Å²) in [6, 6.07) is 7.85. The van der Waals surface area contributed by atoms with Crippen molar-refractivity contribution in [2.45, 2.75) is 13.0 Å². The lowest BCUT2D eigenvalue weighted by Gasteiger charge is -2.09. The Bertz CT molecular complexity index is 328. The zero-order chi connectivity index (χ0) is 11.1. The average Bonchev–Trinajstić information content (AvgIpc) is 2.26. The first-order chi connectivity index (χ1) is 7.22. The molecule has 80 valence electrons. The summed E-state index contributed by atoms with van der Waals surface area (Å²) >= 11 is 3.37. The fraction of sp³-hybridized carbons (Fsp3) is 0.333. The maximum Gasteiger partial charge on any atom is 0.119 e. The van der Waals surface area contributed by atoms with E-state index >= 15 is 0 Å². The first kappa shape index (κ1) is 12.1. The van der Waals surface area contributed by atoms with Gasteiger partial charge in [0.15, 0.2) is 0 Å². The molecule has 0 fully saturated rings. The molecule has 1 N–H and O–H groups in total. The maximum absolute atomic E-state index is 5.50. The van der Waals surface area contributed by atoms with Crippen LogP contribution in [0.25, 0.3) is 0 Å². The number of ether oxygens (including phenoxy) is 1. The van der Waals surface area contributed by atoms with Crippen LogP contribution in [0.1, 0.15) is 6.92 Å². The topological polar surface area (TPSA) is 21.3 Å². The van der Waals surface area contributed by atoms with Gasteiger partial charge in [-0.25, -0.2) is 0 Å². The zero-order valence-electron chi connectivity index (χ0n) is 8.66. The van der Waals surface area contributed by atoms with E-state index in [9.17, 15) is 0 Å². The third-order valence-electron chi connectivity index (χ3n) is 1.88. The number of rotatable bonds is 5. The predicted octanol–water partition coefficient (Wildman–Crippen LogP) is 2.44. The molecular weight excluding hydrogens is 254 g/mol. The smallest absolute Gasteiger partial charge is 0.119 e. The number of nitrogens with one attached hydrogen (secondary N) is 1. The molecule has 0 aromatic heterocycles. The molecular formula is C12H14BrNO. The van der Waals surface area contributed by atoms with Crippen LogP contribution in [0.3, 0.4) is 0 Å². The van der Waals surface area contributed by atoms with E-state index in [1.165, 1.54) is 0 Å². The molecule has 0 saturated heterocycles. The number of hydrogen-bond donors (Lipinski definition) is 1. The van der Waals surface area contributed by atoms with Gasteiger partial charge in [0.05, 0.1) is 6.04 Å². The Kier molecular flexibility index (Phi) is 5.23. The van der Waals surface area contributed by atoms with Crippen molar-refractivity contribution in [2.75, 3.05) is 13.2 Å². The van der Waals surface area contributed by atoms with Crippen LogP contribution in [0.2, 0.25) is 0 Å². The van der Waals surface area contributed by atoms with Crippen molar-refractivity contribution in [3.8, 4) is 18.1 Å². The van der Waals surface area contributed by atoms with Gasteiger partial charge in [0.2, 0.25) is 0 Å². The van der Waals surface area contributed by atoms with E-state index in [-0.39, 0.29) is 6.04 Å². The Hall–Kier alpha value is -0.980. The second kappa shape index (κ2) is 6.49. The molecule has 0 aliphatic carbocycles. The van der Waals surface area contributed by atoms with Crippen molar-refractivity contribution in [2.24, 2.45) is 0 Å². The Balaban J connectivity index is 2.21. The van der Waals surface area contributed by atoms with Gasteiger partial charge in [-0.05, 0) is 31.2 Å². The van der Waals surface area contributed by atoms with Crippen molar-refractivity contribution >= 4 is 15.9 Å². The van der Waals surface area contributed by atoms with E-state index in [1.807, 2.05) is 31.2 Å². The molecule has 0 radical (unpaired) electrons. The molecule has 0 aliphatic rings. The van der Waals surface area contributed by atoms with Crippen molar-refractivity contribution in [3.63, 3.8) is 0 Å². The number of halogens is 1. The van der Waals surface area contributed by atoms with Gasteiger partial charge in [-0.2, -0.15) is 0 Å². The summed E-state index contributed by atoms with van der Waals surface area (Å²) in [6.45, 7) is 3.31. The highest BCUT2D eigenvalue weighted by Crippen LogP contribution is 2.15. The molecule has 1 unspecified atom stereocenters. The molecule has 1 atom stereocenters. The summed E-state index contributed by atoms with van der Waals surface area (Å²) in [5.41, 5.74) is 0. The van der Waals surface area contributed by atoms with Crippen LogP contribution >= 0.6 is 15.9 Å². The van der Waals surface area contributed by atoms with Gasteiger partial charge in [0.25, 0.3) is 0 Å². The summed E-state index contributed by atoms with van der Waals surface area (Å²) in [5.74, 6) is 3.47. The van der Waals surface area contributed by atoms with Gasteiger partial charge in [-0.3, -0.25) is 0 Å². The van der Waals surface area contributed by atoms with Crippen LogP contribution in [0.5, 0.6) is 5.75 Å². The van der Waals surface area contributed by atoms with Crippen LogP contribution in [0.15, 0.2) is 28.7 Å². The minimum atomic E-state index is 0.0958. The SMILES string of the molecule is C#CC(C)NCCOc1ccc(Br)cc1. The molecule has 15 heavy (non-hydrogen) atoms. The van der Waals surface area contributed by atoms with Crippen LogP contribution in [-0.4, -0.2) is 19.2 Å². The Labute approximate surface area is 99.2 Å². The highest BCUT2D eigenvalue weighted by molar-refractivity contribution is 9.10. The lowest BCUT2D eigenvalue weighted by molar-refractivity contribution is 0.312. The highest BCUT2D eigenvalue weighted by Gasteiger charge is 1.96. The molecule has 1 aromatic rings. The van der Waals surface area contributed by atoms with Gasteiger partial charge in [-0.1, -0.05) is 21.9 Å². The minimum Gasteiger partial charge on any atom is -0.492 e. The van der Waals surface area contributed by atoms with Crippen LogP contribution in [0, 0.1) is 12.3 Å². The van der Waals surface area contributed by atoms with E-state index in [2.05, 4.69) is 27.2 Å². The van der Waals surface area contributed by atoms with E-state index in [0.717, 1.165) is 16.8 Å². The number of hydrogen-bond acceptors (Lipinski definition) is 2. The molecule has 1 rings (SSSR count). The summed E-state index contributed by atoms with van der Waals surface area (Å²) in [6.07, 6.45) is 5.22. The van der Waals surface area contributed by atoms with Crippen molar-refractivity contribution in [1.29, 1.82) is 0 Å². The minimum absolute atomic E-state index is 0.0958. The van der Waals surface area contributed by atoms with E-state index in [0.29, 0.717) is 6.61 Å². The monoisotopic (exact) mass is 267 g/mol. The molecule has 2 nitrogen and oxygen atoms in total. The van der Waals surface area contributed by atoms with Gasteiger partial charge in [0, 0.05) is 11.0 Å². The van der Waals surface area contributed by atoms with E-state index in [4.69, 9.17) is 11.2 Å². The second-order valence-electron chi connectivity index (χ2n) is 3.14. The first-order valence-electron chi connectivity index (χ1n) is 4.80. The van der Waals surface area contributed by atoms with Gasteiger partial charge in [-0.15, -0.1) is 6.42 Å². The fourth-order valence-corrected chi connectivity index (χ4v) is 1.30. The van der Waals surface area contributed by atoms with E-state index in [1.54, 1.807) is 0 Å². The average molecular weight is 268 g/mol. The Morgan fingerprint density at radius 3 is 2.73 bits per heavy atom. The van der Waals surface area contributed by atoms with Crippen LogP contribution in [0.4, 0.5) is 0 Å². The lowest BCUT2D eigenvalue weighted by Crippen LogP contribution is -2.28. The fourth-order valence-electron chi connectivity index (χ4n) is 1.03. The largest absolute Gasteiger partial charge is 0.492 e. The van der Waals surface area contributed by atoms with Crippen molar-refractivity contribution in [3.05, 3.63) is 28.7 Å². The molecule has 0 bridgehead atoms. The van der Waals surface area contributed by atoms with Gasteiger partial charge >= 0.3 is 0 Å². The standard InChI is InChI=1S/C12H14BrNO/c1-3-10(2)14-8-9-15-12-6-4-11(13)5-7-12/h1,4-7,10,14H,8-9H2,2H3. The second-order valence-corrected chi connectivity index (χ2v) is 4.06. The molecule has 0 amide bonds. The van der Waals surface area contributed by atoms with Crippen molar-refractivity contribution in [1.82, 2.24) is 5.32 Å². The normalized spacial score (nSPS) is 11.8. The zero-order valence-corrected chi connectivity index (χ0v) is 10.3. The number of terminal acetylenes is 1. The summed E-state index contributed by atoms with van der Waals surface area (Å²) < 4.78 is 6.55. The maximum atomic E-state index is 5.50. The van der Waals surface area contributed by atoms with Gasteiger partial charge in [0.1, 0.15) is 12.4 Å². The summed E-state index contributed by atoms with van der Waals surface area (Å²) in [5, 5.41) is 3.14. The Morgan fingerprint density at radius 1 is 1.47 bits per heavy atom. The summed E-state index contributed by atoms with van der Waals surface area (Å²) in [4.78, 5) is 0. The third kappa shape index (κ3) is 4.87. The third-order valence-corrected chi connectivity index (χ3v) is 2.41. The molecule has 0 spiro atoms. The van der Waals surface area contributed by atoms with Crippen molar-refractivity contribution < 1.29 is 4.74 Å². The first-order valence-corrected chi connectivity index (χ1v) is 5.59. The quantitative estimate of drug-likeness (QED) is 0.654. The lowest BCUT2D eigenvalue weighted by atomic mass is 10.3. The Morgan fingerprint density at radius 2 is 2.13 bits per heavy atom. The number of benzene rings is 1. The highest BCUT2D eigenvalue weighted by atomic mass is 79.9. The molecule has 0 saturated carbocycles. The van der Waals surface area contributed by atoms with Gasteiger partial charge < -0.3 is 10.1 Å². The van der Waals surface area contributed by atoms with Crippen LogP contribution < -0.4 is 10.1 Å². The molecule has 0 heterocycles. The van der Waals surface area contributed by atoms with E-state index < -0.39 is 0 Å². The predicted molar refractivity (Wildman–Crippen MR) is 65.9 cm³/mol. The molecule has 3 heteroatoms. The van der Waals surface area contributed by atoms with Crippen LogP contribution in [-0.2, 0) is 0 Å². The molecule has 1 aromatic carbocycles. The summed E-state index contributed by atoms with van der Waals surface area (Å²) in [7, 11) is 0.